The monoisotopic (exact) mass is 1350 g/mol. The Kier molecular flexibility index (Phi) is 21.3. The molecule has 6 aliphatic rings. The minimum Gasteiger partial charge on any atom is -0.478 e. The van der Waals surface area contributed by atoms with E-state index in [-0.39, 0.29) is 46.5 Å². The Morgan fingerprint density at radius 3 is 1.39 bits per heavy atom. The predicted octanol–water partition coefficient (Wildman–Crippen LogP) is 15.0. The fourth-order valence-electron chi connectivity index (χ4n) is 13.5. The van der Waals surface area contributed by atoms with Crippen LogP contribution in [0.25, 0.3) is 22.9 Å². The number of benzene rings is 6. The summed E-state index contributed by atoms with van der Waals surface area (Å²) in [4.78, 5) is 49.8. The summed E-state index contributed by atoms with van der Waals surface area (Å²) in [5.74, 6) is 2.73. The van der Waals surface area contributed by atoms with Crippen LogP contribution >= 0.6 is 0 Å². The highest BCUT2D eigenvalue weighted by Crippen LogP contribution is 2.52. The molecular weight excluding hydrogens is 1260 g/mol. The van der Waals surface area contributed by atoms with Crippen molar-refractivity contribution >= 4 is 24.0 Å². The molecule has 6 aromatic carbocycles. The van der Waals surface area contributed by atoms with Crippen molar-refractivity contribution < 1.29 is 43.2 Å². The van der Waals surface area contributed by atoms with E-state index in [0.29, 0.717) is 76.7 Å². The molecule has 0 bridgehead atoms. The molecule has 6 aliphatic carbocycles. The van der Waals surface area contributed by atoms with Gasteiger partial charge in [0, 0.05) is 77.5 Å². The Hall–Kier alpha value is -10.7. The molecule has 0 spiro atoms. The quantitative estimate of drug-likeness (QED) is 0.0268. The molecule has 6 saturated carbocycles. The van der Waals surface area contributed by atoms with E-state index < -0.39 is 22.6 Å². The summed E-state index contributed by atoms with van der Waals surface area (Å²) in [6, 6.07) is 58.5. The first-order valence-corrected chi connectivity index (χ1v) is 34.3. The highest BCUT2D eigenvalue weighted by molar-refractivity contribution is 5.88. The Morgan fingerprint density at radius 1 is 0.570 bits per heavy atom. The number of nitrogens with zero attached hydrogens (tertiary/aromatic N) is 10. The van der Waals surface area contributed by atoms with Crippen LogP contribution in [0.2, 0.25) is 0 Å². The summed E-state index contributed by atoms with van der Waals surface area (Å²) in [6.45, 7) is 13.1. The van der Waals surface area contributed by atoms with E-state index in [2.05, 4.69) is 87.5 Å². The van der Waals surface area contributed by atoms with Gasteiger partial charge in [-0.3, -0.25) is 0 Å². The number of nitrogens with two attached hydrogens (primary N) is 1. The first-order chi connectivity index (χ1) is 48.0. The second-order valence-electron chi connectivity index (χ2n) is 29.2. The standard InChI is InChI=1S/C28H30N4O3.C23H22N4O.C20H29N3O3.C8H5NO2/c1-27(2,3)34-26(33)32(23-16-22(23)20-10-5-4-6-11-20)18-28(13-8-14-28)25-30-24(35-31-25)21-12-7-9-19(15-21)17-29;24-14-16-6-4-9-18(12-16)21-26-22(27-28-21)23(10-5-11-23)15-25-20-13-19(20)17-7-2-1-3-8-17;1-19(2,3)26-18(24)23(13-20(10-7-11-20)17(21)22-25)16-12-15(16)14-8-5-4-6-9-14;9-5-6-2-1-3-7(4-6)8(10)11/h4-7,9-12,15,22-23H,8,13-14,16,18H2,1-3H3;1-4,6-9,12,19-20,25H,5,10-11,13,15H2;4-6,8-9,15-16,25H,7,10-13H2,1-3H3,(H2,21,22);1-4H,(H,10,11)/t22?,23-;19?,20-;15?,16-;/m000./s1. The molecule has 2 aromatic heterocycles. The third-order valence-electron chi connectivity index (χ3n) is 19.8. The third-order valence-corrected chi connectivity index (χ3v) is 19.8. The van der Waals surface area contributed by atoms with Crippen LogP contribution in [0.5, 0.6) is 0 Å². The molecule has 100 heavy (non-hydrogen) atoms. The van der Waals surface area contributed by atoms with Crippen LogP contribution in [0.4, 0.5) is 9.59 Å². The smallest absolute Gasteiger partial charge is 0.410 e. The van der Waals surface area contributed by atoms with Gasteiger partial charge in [-0.1, -0.05) is 144 Å². The number of hydrogen-bond acceptors (Lipinski definition) is 17. The van der Waals surface area contributed by atoms with Gasteiger partial charge in [0.2, 0.25) is 0 Å². The van der Waals surface area contributed by atoms with Crippen LogP contribution in [0.1, 0.15) is 192 Å². The molecule has 21 nitrogen and oxygen atoms in total. The molecule has 6 fully saturated rings. The number of nitrogens with one attached hydrogen (secondary N) is 1. The largest absolute Gasteiger partial charge is 0.478 e. The van der Waals surface area contributed by atoms with Crippen molar-refractivity contribution in [1.29, 1.82) is 15.8 Å². The zero-order chi connectivity index (χ0) is 70.8. The van der Waals surface area contributed by atoms with Gasteiger partial charge >= 0.3 is 18.2 Å². The number of ether oxygens (including phenoxy) is 2. The molecular formula is C79H86N12O9. The van der Waals surface area contributed by atoms with E-state index in [4.69, 9.17) is 49.9 Å². The lowest BCUT2D eigenvalue weighted by molar-refractivity contribution is 0.0110. The summed E-state index contributed by atoms with van der Waals surface area (Å²) in [5, 5.41) is 60.0. The van der Waals surface area contributed by atoms with E-state index in [1.807, 2.05) is 107 Å². The zero-order valence-corrected chi connectivity index (χ0v) is 57.5. The van der Waals surface area contributed by atoms with E-state index >= 15 is 0 Å². The number of nitriles is 3. The fraction of sp³-hybridized carbons (Fsp3) is 0.405. The minimum atomic E-state index is -1.01. The SMILES string of the molecule is CC(C)(C)OC(=O)N(CC1(C(N)=NO)CCC1)[C@H]1CC1c1ccccc1.CC(C)(C)OC(=O)N(CC1(c2noc(-c3cccc(C#N)c3)n2)CCC1)[C@H]1CC1c1ccccc1.N#Cc1cccc(-c2nc(C3(CN[C@H]4CC4c4ccccc4)CCC3)no2)c1.N#Cc1cccc(C(=O)O)c1. The molecule has 2 heterocycles. The summed E-state index contributed by atoms with van der Waals surface area (Å²) >= 11 is 0. The maximum Gasteiger partial charge on any atom is 0.410 e. The van der Waals surface area contributed by atoms with Gasteiger partial charge < -0.3 is 49.7 Å². The van der Waals surface area contributed by atoms with Crippen molar-refractivity contribution in [2.75, 3.05) is 19.6 Å². The number of oxime groups is 1. The Labute approximate surface area is 583 Å². The summed E-state index contributed by atoms with van der Waals surface area (Å²) < 4.78 is 22.6. The topological polar surface area (TPSA) is 316 Å². The summed E-state index contributed by atoms with van der Waals surface area (Å²) in [7, 11) is 0. The fourth-order valence-corrected chi connectivity index (χ4v) is 13.5. The van der Waals surface area contributed by atoms with Gasteiger partial charge in [0.15, 0.2) is 11.6 Å². The maximum atomic E-state index is 13.4. The number of carboxylic acid groups (broad SMARTS) is 1. The molecule has 0 saturated heterocycles. The van der Waals surface area contributed by atoms with Gasteiger partial charge in [0.05, 0.1) is 45.9 Å². The number of amidine groups is 1. The van der Waals surface area contributed by atoms with Gasteiger partial charge in [-0.2, -0.15) is 25.8 Å². The van der Waals surface area contributed by atoms with E-state index in [1.54, 1.807) is 47.4 Å². The molecule has 8 aromatic rings. The molecule has 5 N–H and O–H groups in total. The molecule has 14 rings (SSSR count). The van der Waals surface area contributed by atoms with E-state index in [1.165, 1.54) is 41.7 Å². The maximum absolute atomic E-state index is 13.4. The minimum absolute atomic E-state index is 0.0293. The predicted molar refractivity (Wildman–Crippen MR) is 374 cm³/mol. The second kappa shape index (κ2) is 30.2. The number of carboxylic acids is 1. The van der Waals surface area contributed by atoms with Gasteiger partial charge in [0.25, 0.3) is 11.8 Å². The van der Waals surface area contributed by atoms with Crippen molar-refractivity contribution in [2.45, 2.75) is 177 Å². The van der Waals surface area contributed by atoms with Crippen LogP contribution < -0.4 is 11.1 Å². The summed E-state index contributed by atoms with van der Waals surface area (Å²) in [5.41, 5.74) is 11.1. The first kappa shape index (κ1) is 70.6. The Balaban J connectivity index is 0.000000142. The van der Waals surface area contributed by atoms with Gasteiger partial charge in [0.1, 0.15) is 17.0 Å². The lowest BCUT2D eigenvalue weighted by Gasteiger charge is -2.44. The van der Waals surface area contributed by atoms with Crippen LogP contribution in [0.15, 0.2) is 178 Å². The van der Waals surface area contributed by atoms with Crippen LogP contribution in [-0.4, -0.2) is 113 Å². The molecule has 6 atom stereocenters. The zero-order valence-electron chi connectivity index (χ0n) is 57.5. The third kappa shape index (κ3) is 17.1. The van der Waals surface area contributed by atoms with Crippen molar-refractivity contribution in [3.05, 3.63) is 214 Å². The number of amides is 2. The lowest BCUT2D eigenvalue weighted by atomic mass is 9.67. The Bertz CT molecular complexity index is 4320. The highest BCUT2D eigenvalue weighted by Gasteiger charge is 2.54. The number of hydrogen-bond donors (Lipinski definition) is 4. The van der Waals surface area contributed by atoms with Crippen LogP contribution in [-0.2, 0) is 20.3 Å². The molecule has 0 aliphatic heterocycles. The van der Waals surface area contributed by atoms with Crippen molar-refractivity contribution in [1.82, 2.24) is 35.4 Å². The van der Waals surface area contributed by atoms with E-state index in [9.17, 15) is 24.9 Å². The van der Waals surface area contributed by atoms with Crippen LogP contribution in [0.3, 0.4) is 0 Å². The molecule has 21 heteroatoms. The number of carbonyl (C=O) groups is 3. The summed E-state index contributed by atoms with van der Waals surface area (Å²) in [6.07, 6.45) is 11.2. The van der Waals surface area contributed by atoms with Gasteiger partial charge in [-0.15, -0.1) is 0 Å². The normalized spacial score (nSPS) is 20.7. The van der Waals surface area contributed by atoms with Crippen molar-refractivity contribution in [2.24, 2.45) is 16.3 Å². The number of carbonyl (C=O) groups excluding carboxylic acids is 2. The van der Waals surface area contributed by atoms with Gasteiger partial charge in [-0.05, 0) is 171 Å². The second-order valence-corrected chi connectivity index (χ2v) is 29.2. The molecule has 3 unspecified atom stereocenters. The van der Waals surface area contributed by atoms with Crippen molar-refractivity contribution in [3.8, 4) is 41.1 Å². The number of rotatable bonds is 18. The van der Waals surface area contributed by atoms with Gasteiger partial charge in [-0.25, -0.2) is 14.4 Å². The lowest BCUT2D eigenvalue weighted by Crippen LogP contribution is -2.53. The molecule has 2 amide bonds. The highest BCUT2D eigenvalue weighted by atomic mass is 16.6. The molecule has 516 valence electrons. The average Bonchev–Trinajstić information content (AvgIpc) is 1.54. The van der Waals surface area contributed by atoms with E-state index in [0.717, 1.165) is 82.1 Å². The number of aromatic carboxylic acids is 1. The van der Waals surface area contributed by atoms with Crippen LogP contribution in [0, 0.1) is 39.4 Å². The molecule has 0 radical (unpaired) electrons. The Morgan fingerprint density at radius 2 is 0.990 bits per heavy atom. The number of aromatic nitrogens is 4. The van der Waals surface area contributed by atoms with Crippen molar-refractivity contribution in [3.63, 3.8) is 0 Å². The average molecular weight is 1350 g/mol. The first-order valence-electron chi connectivity index (χ1n) is 34.3.